The molecule has 12 atom stereocenters. The molecule has 0 bridgehead atoms. The summed E-state index contributed by atoms with van der Waals surface area (Å²) in [5, 5.41) is 112. The average Bonchev–Trinajstić information content (AvgIpc) is 2.98. The fraction of sp³-hybridized carbons (Fsp3) is 0.556. The van der Waals surface area contributed by atoms with E-state index in [9.17, 15) is 56.2 Å². The summed E-state index contributed by atoms with van der Waals surface area (Å²) in [7, 11) is 0. The fourth-order valence-corrected chi connectivity index (χ4v) is 5.33. The minimum atomic E-state index is -1.85. The van der Waals surface area contributed by atoms with Gasteiger partial charge in [-0.25, -0.2) is 0 Å². The summed E-state index contributed by atoms with van der Waals surface area (Å²) in [5.41, 5.74) is 0.597. The molecule has 0 spiro atoms. The van der Waals surface area contributed by atoms with Gasteiger partial charge in [0.25, 0.3) is 0 Å². The zero-order valence-electron chi connectivity index (χ0n) is 22.4. The first-order valence-corrected chi connectivity index (χ1v) is 13.4. The number of phenols is 3. The van der Waals surface area contributed by atoms with Gasteiger partial charge in [-0.3, -0.25) is 0 Å². The van der Waals surface area contributed by atoms with Crippen molar-refractivity contribution in [3.05, 3.63) is 41.5 Å². The predicted molar refractivity (Wildman–Crippen MR) is 138 cm³/mol. The van der Waals surface area contributed by atoms with Crippen molar-refractivity contribution in [1.82, 2.24) is 0 Å². The third-order valence-corrected chi connectivity index (χ3v) is 7.70. The van der Waals surface area contributed by atoms with Crippen LogP contribution in [0.5, 0.6) is 28.7 Å². The molecule has 0 unspecified atom stereocenters. The first-order valence-electron chi connectivity index (χ1n) is 13.4. The fourth-order valence-electron chi connectivity index (χ4n) is 5.33. The van der Waals surface area contributed by atoms with Crippen LogP contribution in [0.15, 0.2) is 30.3 Å². The minimum absolute atomic E-state index is 0.0884. The molecule has 5 rings (SSSR count). The normalized spacial score (nSPS) is 37.8. The Bertz CT molecular complexity index is 1270. The van der Waals surface area contributed by atoms with Gasteiger partial charge in [-0.2, -0.15) is 0 Å². The van der Waals surface area contributed by atoms with Crippen LogP contribution in [-0.4, -0.2) is 137 Å². The second kappa shape index (κ2) is 12.5. The maximum atomic E-state index is 10.9. The van der Waals surface area contributed by atoms with Gasteiger partial charge < -0.3 is 79.9 Å². The SMILES string of the molecule is OC[C@H]1O[C@@H](O[C@H]2[C@H](O)[C@@H](O)[C@H](Oc3cc(O)cc4c3C[C@H](O)[C@@H](c3ccc(O)c(O)c3)O4)O[C@@H]2CO)[C@H](O)[C@@H](O)[C@@H]1O. The molecule has 3 heterocycles. The van der Waals surface area contributed by atoms with Crippen molar-refractivity contribution >= 4 is 0 Å². The number of ether oxygens (including phenoxy) is 5. The first kappa shape index (κ1) is 31.4. The van der Waals surface area contributed by atoms with Crippen molar-refractivity contribution in [2.75, 3.05) is 13.2 Å². The Labute approximate surface area is 243 Å². The van der Waals surface area contributed by atoms with Crippen LogP contribution in [0.3, 0.4) is 0 Å². The first-order chi connectivity index (χ1) is 20.4. The van der Waals surface area contributed by atoms with Crippen LogP contribution in [0, 0.1) is 0 Å². The molecule has 3 aliphatic heterocycles. The maximum absolute atomic E-state index is 10.9. The van der Waals surface area contributed by atoms with Crippen molar-refractivity contribution in [2.45, 2.75) is 80.0 Å². The third kappa shape index (κ3) is 6.04. The molecule has 2 aromatic rings. The molecule has 0 aromatic heterocycles. The summed E-state index contributed by atoms with van der Waals surface area (Å²) in [5.74, 6) is -1.12. The highest BCUT2D eigenvalue weighted by atomic mass is 16.7. The third-order valence-electron chi connectivity index (χ3n) is 7.70. The summed E-state index contributed by atoms with van der Waals surface area (Å²) in [6.07, 6.45) is -18.8. The van der Waals surface area contributed by atoms with E-state index in [0.717, 1.165) is 6.07 Å². The summed E-state index contributed by atoms with van der Waals surface area (Å²) in [6, 6.07) is 6.31. The number of aliphatic hydroxyl groups is 8. The second-order valence-electron chi connectivity index (χ2n) is 10.6. The molecule has 0 saturated carbocycles. The molecule has 16 heteroatoms. The molecule has 3 aliphatic rings. The van der Waals surface area contributed by atoms with E-state index in [0.29, 0.717) is 5.56 Å². The van der Waals surface area contributed by atoms with Crippen molar-refractivity contribution < 1.29 is 79.9 Å². The molecule has 238 valence electrons. The standard InChI is InChI=1S/C27H34O16/c28-7-17-19(34)20(35)22(37)27(41-17)43-25-18(8-29)42-26(23(38)21(25)36)40-16-5-10(30)4-15-11(16)6-14(33)24(39-15)9-1-2-12(31)13(32)3-9/h1-5,14,17-38H,6-8H2/t14-,17+,18+,19+,20-,21+,22+,23+,24+,25+,26+,27-/m0/s1. The van der Waals surface area contributed by atoms with E-state index in [1.54, 1.807) is 0 Å². The molecule has 43 heavy (non-hydrogen) atoms. The van der Waals surface area contributed by atoms with Crippen LogP contribution < -0.4 is 9.47 Å². The Balaban J connectivity index is 1.33. The topological polar surface area (TPSA) is 269 Å². The van der Waals surface area contributed by atoms with Crippen LogP contribution in [0.4, 0.5) is 0 Å². The molecule has 0 amide bonds. The van der Waals surface area contributed by atoms with E-state index in [2.05, 4.69) is 0 Å². The van der Waals surface area contributed by atoms with Crippen LogP contribution in [0.25, 0.3) is 0 Å². The molecular formula is C27H34O16. The summed E-state index contributed by atoms with van der Waals surface area (Å²) in [6.45, 7) is -1.52. The summed E-state index contributed by atoms with van der Waals surface area (Å²) in [4.78, 5) is 0. The second-order valence-corrected chi connectivity index (χ2v) is 10.6. The molecule has 16 nitrogen and oxygen atoms in total. The Morgan fingerprint density at radius 3 is 2.07 bits per heavy atom. The quantitative estimate of drug-likeness (QED) is 0.137. The zero-order chi connectivity index (χ0) is 31.2. The number of rotatable bonds is 7. The highest BCUT2D eigenvalue weighted by molar-refractivity contribution is 5.53. The summed E-state index contributed by atoms with van der Waals surface area (Å²) >= 11 is 0. The largest absolute Gasteiger partial charge is 0.508 e. The Hall–Kier alpha value is -3.00. The van der Waals surface area contributed by atoms with Crippen molar-refractivity contribution in [2.24, 2.45) is 0 Å². The summed E-state index contributed by atoms with van der Waals surface area (Å²) < 4.78 is 28.1. The van der Waals surface area contributed by atoms with Crippen LogP contribution >= 0.6 is 0 Å². The van der Waals surface area contributed by atoms with E-state index in [-0.39, 0.29) is 35.0 Å². The number of hydrogen-bond acceptors (Lipinski definition) is 16. The minimum Gasteiger partial charge on any atom is -0.508 e. The molecule has 2 fully saturated rings. The van der Waals surface area contributed by atoms with E-state index in [1.165, 1.54) is 24.3 Å². The van der Waals surface area contributed by atoms with E-state index >= 15 is 0 Å². The number of hydrogen-bond donors (Lipinski definition) is 11. The average molecular weight is 615 g/mol. The van der Waals surface area contributed by atoms with E-state index < -0.39 is 92.6 Å². The highest BCUT2D eigenvalue weighted by Gasteiger charge is 2.51. The van der Waals surface area contributed by atoms with E-state index in [1.807, 2.05) is 0 Å². The Kier molecular flexibility index (Phi) is 9.17. The van der Waals surface area contributed by atoms with Crippen LogP contribution in [0.1, 0.15) is 17.2 Å². The lowest BCUT2D eigenvalue weighted by molar-refractivity contribution is -0.352. The number of benzene rings is 2. The Morgan fingerprint density at radius 1 is 0.721 bits per heavy atom. The molecule has 2 saturated heterocycles. The number of aliphatic hydroxyl groups excluding tert-OH is 8. The molecular weight excluding hydrogens is 580 g/mol. The monoisotopic (exact) mass is 614 g/mol. The van der Waals surface area contributed by atoms with Gasteiger partial charge in [0, 0.05) is 24.1 Å². The van der Waals surface area contributed by atoms with Crippen molar-refractivity contribution in [3.8, 4) is 28.7 Å². The van der Waals surface area contributed by atoms with Gasteiger partial charge in [0.05, 0.1) is 19.3 Å². The molecule has 0 aliphatic carbocycles. The van der Waals surface area contributed by atoms with Gasteiger partial charge in [0.15, 0.2) is 17.8 Å². The Morgan fingerprint density at radius 2 is 1.40 bits per heavy atom. The number of aromatic hydroxyl groups is 3. The molecule has 11 N–H and O–H groups in total. The van der Waals surface area contributed by atoms with Gasteiger partial charge in [-0.1, -0.05) is 6.07 Å². The van der Waals surface area contributed by atoms with E-state index in [4.69, 9.17) is 23.7 Å². The lowest BCUT2D eigenvalue weighted by Gasteiger charge is -2.46. The zero-order valence-corrected chi connectivity index (χ0v) is 22.4. The smallest absolute Gasteiger partial charge is 0.229 e. The number of fused-ring (bicyclic) bond motifs is 1. The predicted octanol–water partition coefficient (Wildman–Crippen LogP) is -3.16. The van der Waals surface area contributed by atoms with Gasteiger partial charge in [0.1, 0.15) is 72.2 Å². The lowest BCUT2D eigenvalue weighted by Crippen LogP contribution is -2.65. The van der Waals surface area contributed by atoms with Gasteiger partial charge in [0.2, 0.25) is 6.29 Å². The van der Waals surface area contributed by atoms with Crippen LogP contribution in [-0.2, 0) is 20.6 Å². The van der Waals surface area contributed by atoms with Gasteiger partial charge in [-0.15, -0.1) is 0 Å². The molecule has 2 aromatic carbocycles. The highest BCUT2D eigenvalue weighted by Crippen LogP contribution is 2.44. The van der Waals surface area contributed by atoms with Crippen LogP contribution in [0.2, 0.25) is 0 Å². The lowest BCUT2D eigenvalue weighted by atomic mass is 9.93. The van der Waals surface area contributed by atoms with Gasteiger partial charge >= 0.3 is 0 Å². The number of phenolic OH excluding ortho intramolecular Hbond substituents is 3. The van der Waals surface area contributed by atoms with Gasteiger partial charge in [-0.05, 0) is 17.7 Å². The van der Waals surface area contributed by atoms with Crippen molar-refractivity contribution in [3.63, 3.8) is 0 Å². The maximum Gasteiger partial charge on any atom is 0.229 e. The molecule has 0 radical (unpaired) electrons. The van der Waals surface area contributed by atoms with Crippen molar-refractivity contribution in [1.29, 1.82) is 0 Å².